The van der Waals surface area contributed by atoms with E-state index in [2.05, 4.69) is 20.7 Å². The van der Waals surface area contributed by atoms with Crippen molar-refractivity contribution in [2.45, 2.75) is 11.4 Å². The molecule has 0 saturated carbocycles. The van der Waals surface area contributed by atoms with Gasteiger partial charge in [0.2, 0.25) is 10.0 Å². The van der Waals surface area contributed by atoms with Crippen molar-refractivity contribution < 1.29 is 17.9 Å². The third kappa shape index (κ3) is 4.00. The number of methoxy groups -OCH3 is 2. The van der Waals surface area contributed by atoms with E-state index < -0.39 is 10.0 Å². The van der Waals surface area contributed by atoms with E-state index in [1.54, 1.807) is 56.7 Å². The number of rotatable bonds is 6. The Bertz CT molecular complexity index is 740. The van der Waals surface area contributed by atoms with E-state index in [4.69, 9.17) is 9.47 Å². The number of halogens is 1. The van der Waals surface area contributed by atoms with Gasteiger partial charge in [0, 0.05) is 17.1 Å². The molecule has 0 unspecified atom stereocenters. The molecule has 0 bridgehead atoms. The van der Waals surface area contributed by atoms with Crippen LogP contribution in [0.4, 0.5) is 0 Å². The van der Waals surface area contributed by atoms with E-state index >= 15 is 0 Å². The molecule has 2 aromatic carbocycles. The lowest BCUT2D eigenvalue weighted by Crippen LogP contribution is -2.23. The molecule has 0 heterocycles. The molecule has 2 aromatic rings. The molecule has 0 aliphatic rings. The Morgan fingerprint density at radius 1 is 1.05 bits per heavy atom. The number of sulfonamides is 1. The summed E-state index contributed by atoms with van der Waals surface area (Å²) in [4.78, 5) is 0.199. The lowest BCUT2D eigenvalue weighted by atomic mass is 10.2. The van der Waals surface area contributed by atoms with Gasteiger partial charge in [0.1, 0.15) is 11.5 Å². The van der Waals surface area contributed by atoms with Gasteiger partial charge in [-0.1, -0.05) is 12.1 Å². The molecule has 0 saturated heterocycles. The zero-order chi connectivity index (χ0) is 16.2. The van der Waals surface area contributed by atoms with E-state index in [1.165, 1.54) is 0 Å². The summed E-state index contributed by atoms with van der Waals surface area (Å²) in [5, 5.41) is 0. The lowest BCUT2D eigenvalue weighted by Gasteiger charge is -2.11. The maximum Gasteiger partial charge on any atom is 0.241 e. The maximum atomic E-state index is 12.3. The highest BCUT2D eigenvalue weighted by Crippen LogP contribution is 2.24. The number of hydrogen-bond acceptors (Lipinski definition) is 4. The SMILES string of the molecule is COc1cc(CNS(=O)(=O)c2ccccc2Br)cc(OC)c1. The van der Waals surface area contributed by atoms with Crippen LogP contribution >= 0.6 is 15.9 Å². The molecule has 2 rings (SSSR count). The normalized spacial score (nSPS) is 11.2. The van der Waals surface area contributed by atoms with Gasteiger partial charge in [-0.05, 0) is 45.8 Å². The van der Waals surface area contributed by atoms with E-state index in [-0.39, 0.29) is 11.4 Å². The molecule has 0 radical (unpaired) electrons. The van der Waals surface area contributed by atoms with Gasteiger partial charge in [-0.15, -0.1) is 0 Å². The average molecular weight is 386 g/mol. The quantitative estimate of drug-likeness (QED) is 0.829. The van der Waals surface area contributed by atoms with Crippen LogP contribution in [0.3, 0.4) is 0 Å². The molecule has 0 aliphatic heterocycles. The van der Waals surface area contributed by atoms with Crippen LogP contribution < -0.4 is 14.2 Å². The number of nitrogens with one attached hydrogen (secondary N) is 1. The Morgan fingerprint density at radius 2 is 1.64 bits per heavy atom. The first-order valence-electron chi connectivity index (χ1n) is 6.42. The fourth-order valence-electron chi connectivity index (χ4n) is 1.89. The van der Waals surface area contributed by atoms with Gasteiger partial charge in [-0.25, -0.2) is 13.1 Å². The molecule has 0 aliphatic carbocycles. The van der Waals surface area contributed by atoms with Crippen molar-refractivity contribution in [2.24, 2.45) is 0 Å². The standard InChI is InChI=1S/C15H16BrNO4S/c1-20-12-7-11(8-13(9-12)21-2)10-17-22(18,19)15-6-4-3-5-14(15)16/h3-9,17H,10H2,1-2H3. The molecule has 0 atom stereocenters. The van der Waals surface area contributed by atoms with Crippen molar-refractivity contribution in [3.05, 3.63) is 52.5 Å². The fraction of sp³-hybridized carbons (Fsp3) is 0.200. The van der Waals surface area contributed by atoms with Crippen LogP contribution in [0.15, 0.2) is 51.8 Å². The van der Waals surface area contributed by atoms with Crippen LogP contribution in [0.2, 0.25) is 0 Å². The Hall–Kier alpha value is -1.57. The van der Waals surface area contributed by atoms with Crippen molar-refractivity contribution in [2.75, 3.05) is 14.2 Å². The van der Waals surface area contributed by atoms with Crippen molar-refractivity contribution in [3.63, 3.8) is 0 Å². The second kappa shape index (κ2) is 7.13. The number of benzene rings is 2. The summed E-state index contributed by atoms with van der Waals surface area (Å²) in [5.74, 6) is 1.21. The Labute approximate surface area is 138 Å². The van der Waals surface area contributed by atoms with Gasteiger partial charge >= 0.3 is 0 Å². The van der Waals surface area contributed by atoms with Crippen molar-refractivity contribution >= 4 is 26.0 Å². The average Bonchev–Trinajstić information content (AvgIpc) is 2.53. The second-order valence-corrected chi connectivity index (χ2v) is 7.07. The maximum absolute atomic E-state index is 12.3. The van der Waals surface area contributed by atoms with Crippen molar-refractivity contribution in [3.8, 4) is 11.5 Å². The minimum absolute atomic E-state index is 0.136. The van der Waals surface area contributed by atoms with Crippen LogP contribution in [0.5, 0.6) is 11.5 Å². The van der Waals surface area contributed by atoms with Crippen LogP contribution in [0, 0.1) is 0 Å². The second-order valence-electron chi connectivity index (χ2n) is 4.48. The molecule has 0 spiro atoms. The first kappa shape index (κ1) is 16.8. The minimum atomic E-state index is -3.61. The first-order valence-corrected chi connectivity index (χ1v) is 8.70. The molecule has 0 fully saturated rings. The van der Waals surface area contributed by atoms with E-state index in [9.17, 15) is 8.42 Å². The zero-order valence-electron chi connectivity index (χ0n) is 12.2. The number of hydrogen-bond donors (Lipinski definition) is 1. The van der Waals surface area contributed by atoms with Crippen LogP contribution in [-0.2, 0) is 16.6 Å². The van der Waals surface area contributed by atoms with Crippen LogP contribution in [0.25, 0.3) is 0 Å². The van der Waals surface area contributed by atoms with Gasteiger partial charge in [0.15, 0.2) is 0 Å². The van der Waals surface area contributed by atoms with Crippen molar-refractivity contribution in [1.82, 2.24) is 4.72 Å². The molecule has 0 aromatic heterocycles. The van der Waals surface area contributed by atoms with Crippen LogP contribution in [-0.4, -0.2) is 22.6 Å². The minimum Gasteiger partial charge on any atom is -0.497 e. The topological polar surface area (TPSA) is 64.6 Å². The number of ether oxygens (including phenoxy) is 2. The zero-order valence-corrected chi connectivity index (χ0v) is 14.6. The predicted molar refractivity (Wildman–Crippen MR) is 87.7 cm³/mol. The van der Waals surface area contributed by atoms with E-state index in [1.807, 2.05) is 0 Å². The lowest BCUT2D eigenvalue weighted by molar-refractivity contribution is 0.393. The molecule has 22 heavy (non-hydrogen) atoms. The Kier molecular flexibility index (Phi) is 5.44. The smallest absolute Gasteiger partial charge is 0.241 e. The predicted octanol–water partition coefficient (Wildman–Crippen LogP) is 2.94. The molecule has 118 valence electrons. The summed E-state index contributed by atoms with van der Waals surface area (Å²) in [5.41, 5.74) is 0.742. The molecule has 1 N–H and O–H groups in total. The highest BCUT2D eigenvalue weighted by molar-refractivity contribution is 9.10. The highest BCUT2D eigenvalue weighted by Gasteiger charge is 2.17. The molecule has 0 amide bonds. The van der Waals surface area contributed by atoms with Gasteiger partial charge in [0.05, 0.1) is 19.1 Å². The van der Waals surface area contributed by atoms with Crippen LogP contribution in [0.1, 0.15) is 5.56 Å². The summed E-state index contributed by atoms with van der Waals surface area (Å²) >= 11 is 3.24. The molecular formula is C15H16BrNO4S. The third-order valence-electron chi connectivity index (χ3n) is 3.00. The van der Waals surface area contributed by atoms with Gasteiger partial charge < -0.3 is 9.47 Å². The van der Waals surface area contributed by atoms with Gasteiger partial charge in [0.25, 0.3) is 0 Å². The summed E-state index contributed by atoms with van der Waals surface area (Å²) in [6, 6.07) is 11.9. The monoisotopic (exact) mass is 385 g/mol. The van der Waals surface area contributed by atoms with Gasteiger partial charge in [-0.2, -0.15) is 0 Å². The van der Waals surface area contributed by atoms with E-state index in [0.717, 1.165) is 5.56 Å². The van der Waals surface area contributed by atoms with Gasteiger partial charge in [-0.3, -0.25) is 0 Å². The first-order chi connectivity index (χ1) is 10.5. The Balaban J connectivity index is 2.21. The summed E-state index contributed by atoms with van der Waals surface area (Å²) in [6.45, 7) is 0.136. The Morgan fingerprint density at radius 3 is 2.18 bits per heavy atom. The molecule has 5 nitrogen and oxygen atoms in total. The third-order valence-corrected chi connectivity index (χ3v) is 5.42. The largest absolute Gasteiger partial charge is 0.497 e. The summed E-state index contributed by atoms with van der Waals surface area (Å²) in [7, 11) is -0.516. The fourth-order valence-corrected chi connectivity index (χ4v) is 3.91. The van der Waals surface area contributed by atoms with Crippen molar-refractivity contribution in [1.29, 1.82) is 0 Å². The molecular weight excluding hydrogens is 370 g/mol. The summed E-state index contributed by atoms with van der Waals surface area (Å²) < 4.78 is 38.1. The van der Waals surface area contributed by atoms with E-state index in [0.29, 0.717) is 16.0 Å². The molecule has 7 heteroatoms. The summed E-state index contributed by atoms with van der Waals surface area (Å²) in [6.07, 6.45) is 0. The highest BCUT2D eigenvalue weighted by atomic mass is 79.9.